The van der Waals surface area contributed by atoms with Gasteiger partial charge in [0.05, 0.1) is 0 Å². The Kier molecular flexibility index (Phi) is 3.14. The standard InChI is InChI=1S/C11H10O3/c1-3-11(14-8(2)12)9-6-4-5-7-10(9)13/h1,4-7,11,13H,2H3. The van der Waals surface area contributed by atoms with Gasteiger partial charge in [-0.15, -0.1) is 6.42 Å². The van der Waals surface area contributed by atoms with Crippen molar-refractivity contribution in [2.24, 2.45) is 0 Å². The Balaban J connectivity index is 2.96. The lowest BCUT2D eigenvalue weighted by Crippen LogP contribution is -2.06. The van der Waals surface area contributed by atoms with Crippen LogP contribution >= 0.6 is 0 Å². The van der Waals surface area contributed by atoms with Gasteiger partial charge in [0.25, 0.3) is 0 Å². The minimum atomic E-state index is -0.825. The zero-order valence-electron chi connectivity index (χ0n) is 7.73. The van der Waals surface area contributed by atoms with Crippen LogP contribution in [0.15, 0.2) is 24.3 Å². The van der Waals surface area contributed by atoms with Gasteiger partial charge in [0, 0.05) is 12.5 Å². The van der Waals surface area contributed by atoms with Crippen LogP contribution in [0.3, 0.4) is 0 Å². The molecule has 1 atom stereocenters. The number of hydrogen-bond donors (Lipinski definition) is 1. The predicted molar refractivity (Wildman–Crippen MR) is 51.4 cm³/mol. The summed E-state index contributed by atoms with van der Waals surface area (Å²) in [5.74, 6) is 1.84. The molecule has 0 saturated heterocycles. The van der Waals surface area contributed by atoms with Crippen LogP contribution in [-0.2, 0) is 9.53 Å². The molecule has 0 fully saturated rings. The predicted octanol–water partition coefficient (Wildman–Crippen LogP) is 1.63. The first kappa shape index (κ1) is 10.1. The fraction of sp³-hybridized carbons (Fsp3) is 0.182. The first-order valence-electron chi connectivity index (χ1n) is 4.06. The zero-order chi connectivity index (χ0) is 10.6. The zero-order valence-corrected chi connectivity index (χ0v) is 7.73. The summed E-state index contributed by atoms with van der Waals surface area (Å²) >= 11 is 0. The summed E-state index contributed by atoms with van der Waals surface area (Å²) in [5, 5.41) is 9.44. The van der Waals surface area contributed by atoms with Gasteiger partial charge in [-0.2, -0.15) is 0 Å². The van der Waals surface area contributed by atoms with E-state index in [1.807, 2.05) is 0 Å². The van der Waals surface area contributed by atoms with Crippen molar-refractivity contribution in [1.82, 2.24) is 0 Å². The lowest BCUT2D eigenvalue weighted by molar-refractivity contribution is -0.144. The number of benzene rings is 1. The molecule has 3 heteroatoms. The Morgan fingerprint density at radius 1 is 1.57 bits per heavy atom. The molecule has 1 aromatic carbocycles. The van der Waals surface area contributed by atoms with E-state index in [-0.39, 0.29) is 5.75 Å². The Morgan fingerprint density at radius 3 is 2.71 bits per heavy atom. The van der Waals surface area contributed by atoms with Gasteiger partial charge in [0.1, 0.15) is 5.75 Å². The van der Waals surface area contributed by atoms with Crippen LogP contribution in [0.1, 0.15) is 18.6 Å². The van der Waals surface area contributed by atoms with E-state index in [0.717, 1.165) is 0 Å². The highest BCUT2D eigenvalue weighted by Crippen LogP contribution is 2.25. The summed E-state index contributed by atoms with van der Waals surface area (Å²) in [6.07, 6.45) is 4.36. The third-order valence-electron chi connectivity index (χ3n) is 1.65. The second-order valence-corrected chi connectivity index (χ2v) is 2.71. The Bertz CT molecular complexity index is 376. The van der Waals surface area contributed by atoms with Crippen molar-refractivity contribution in [3.63, 3.8) is 0 Å². The van der Waals surface area contributed by atoms with Crippen LogP contribution in [-0.4, -0.2) is 11.1 Å². The van der Waals surface area contributed by atoms with Gasteiger partial charge >= 0.3 is 5.97 Å². The van der Waals surface area contributed by atoms with Crippen molar-refractivity contribution in [2.75, 3.05) is 0 Å². The maximum Gasteiger partial charge on any atom is 0.304 e. The number of phenolic OH excluding ortho intramolecular Hbond substituents is 1. The summed E-state index contributed by atoms with van der Waals surface area (Å²) in [5.41, 5.74) is 0.421. The molecule has 1 N–H and O–H groups in total. The molecule has 1 aromatic rings. The third-order valence-corrected chi connectivity index (χ3v) is 1.65. The first-order valence-corrected chi connectivity index (χ1v) is 4.06. The van der Waals surface area contributed by atoms with Crippen molar-refractivity contribution < 1.29 is 14.6 Å². The number of phenols is 1. The van der Waals surface area contributed by atoms with E-state index < -0.39 is 12.1 Å². The normalized spacial score (nSPS) is 11.4. The van der Waals surface area contributed by atoms with Crippen LogP contribution in [0, 0.1) is 12.3 Å². The fourth-order valence-electron chi connectivity index (χ4n) is 1.06. The summed E-state index contributed by atoms with van der Waals surface area (Å²) in [7, 11) is 0. The molecule has 0 aromatic heterocycles. The largest absolute Gasteiger partial charge is 0.507 e. The molecule has 0 bridgehead atoms. The summed E-state index contributed by atoms with van der Waals surface area (Å²) in [6.45, 7) is 1.27. The molecule has 72 valence electrons. The second-order valence-electron chi connectivity index (χ2n) is 2.71. The van der Waals surface area contributed by atoms with Gasteiger partial charge in [0.15, 0.2) is 6.10 Å². The number of terminal acetylenes is 1. The number of carbonyl (C=O) groups excluding carboxylic acids is 1. The fourth-order valence-corrected chi connectivity index (χ4v) is 1.06. The van der Waals surface area contributed by atoms with Gasteiger partial charge < -0.3 is 9.84 Å². The first-order chi connectivity index (χ1) is 6.65. The minimum absolute atomic E-state index is 0.0247. The molecule has 14 heavy (non-hydrogen) atoms. The number of esters is 1. The monoisotopic (exact) mass is 190 g/mol. The van der Waals surface area contributed by atoms with E-state index in [1.165, 1.54) is 13.0 Å². The Morgan fingerprint density at radius 2 is 2.21 bits per heavy atom. The molecule has 0 aliphatic rings. The lowest BCUT2D eigenvalue weighted by atomic mass is 10.1. The summed E-state index contributed by atoms with van der Waals surface area (Å²) in [4.78, 5) is 10.7. The topological polar surface area (TPSA) is 46.5 Å². The molecule has 0 amide bonds. The van der Waals surface area contributed by atoms with Gasteiger partial charge in [-0.05, 0) is 6.07 Å². The van der Waals surface area contributed by atoms with E-state index in [2.05, 4.69) is 5.92 Å². The second kappa shape index (κ2) is 4.33. The third kappa shape index (κ3) is 2.27. The summed E-state index contributed by atoms with van der Waals surface area (Å²) in [6, 6.07) is 6.48. The highest BCUT2D eigenvalue weighted by atomic mass is 16.5. The number of ether oxygens (including phenoxy) is 1. The quantitative estimate of drug-likeness (QED) is 0.569. The molecule has 0 heterocycles. The molecule has 0 radical (unpaired) electrons. The van der Waals surface area contributed by atoms with E-state index in [4.69, 9.17) is 11.2 Å². The highest BCUT2D eigenvalue weighted by Gasteiger charge is 2.14. The van der Waals surface area contributed by atoms with Gasteiger partial charge in [-0.3, -0.25) is 4.79 Å². The molecular formula is C11H10O3. The maximum absolute atomic E-state index is 10.7. The van der Waals surface area contributed by atoms with E-state index in [9.17, 15) is 9.90 Å². The Labute approximate surface area is 82.3 Å². The molecular weight excluding hydrogens is 180 g/mol. The van der Waals surface area contributed by atoms with E-state index in [0.29, 0.717) is 5.56 Å². The number of rotatable bonds is 2. The average Bonchev–Trinajstić information content (AvgIpc) is 2.15. The van der Waals surface area contributed by atoms with E-state index in [1.54, 1.807) is 18.2 Å². The van der Waals surface area contributed by atoms with Gasteiger partial charge in [-0.25, -0.2) is 0 Å². The number of aromatic hydroxyl groups is 1. The average molecular weight is 190 g/mol. The van der Waals surface area contributed by atoms with E-state index >= 15 is 0 Å². The van der Waals surface area contributed by atoms with Crippen LogP contribution < -0.4 is 0 Å². The molecule has 0 spiro atoms. The van der Waals surface area contributed by atoms with Crippen molar-refractivity contribution in [1.29, 1.82) is 0 Å². The van der Waals surface area contributed by atoms with Gasteiger partial charge in [-0.1, -0.05) is 24.1 Å². The highest BCUT2D eigenvalue weighted by molar-refractivity contribution is 5.67. The van der Waals surface area contributed by atoms with Crippen molar-refractivity contribution in [3.05, 3.63) is 29.8 Å². The Hall–Kier alpha value is -1.95. The minimum Gasteiger partial charge on any atom is -0.507 e. The van der Waals surface area contributed by atoms with Crippen molar-refractivity contribution in [3.8, 4) is 18.1 Å². The molecule has 3 nitrogen and oxygen atoms in total. The molecule has 0 aliphatic heterocycles. The SMILES string of the molecule is C#CC(OC(C)=O)c1ccccc1O. The molecule has 1 unspecified atom stereocenters. The maximum atomic E-state index is 10.7. The van der Waals surface area contributed by atoms with Crippen LogP contribution in [0.4, 0.5) is 0 Å². The summed E-state index contributed by atoms with van der Waals surface area (Å²) < 4.78 is 4.83. The van der Waals surface area contributed by atoms with Crippen molar-refractivity contribution >= 4 is 5.97 Å². The molecule has 0 saturated carbocycles. The molecule has 1 rings (SSSR count). The smallest absolute Gasteiger partial charge is 0.304 e. The van der Waals surface area contributed by atoms with Crippen molar-refractivity contribution in [2.45, 2.75) is 13.0 Å². The van der Waals surface area contributed by atoms with Gasteiger partial charge in [0.2, 0.25) is 0 Å². The number of hydrogen-bond acceptors (Lipinski definition) is 3. The number of para-hydroxylation sites is 1. The molecule has 0 aliphatic carbocycles. The lowest BCUT2D eigenvalue weighted by Gasteiger charge is -2.12. The van der Waals surface area contributed by atoms with Crippen LogP contribution in [0.5, 0.6) is 5.75 Å². The van der Waals surface area contributed by atoms with Crippen LogP contribution in [0.2, 0.25) is 0 Å². The number of carbonyl (C=O) groups is 1. The van der Waals surface area contributed by atoms with Crippen LogP contribution in [0.25, 0.3) is 0 Å².